The van der Waals surface area contributed by atoms with Gasteiger partial charge in [0.1, 0.15) is 12.2 Å². The van der Waals surface area contributed by atoms with Crippen LogP contribution in [0, 0.1) is 27.2 Å². The Morgan fingerprint density at radius 1 is 1.29 bits per heavy atom. The Morgan fingerprint density at radius 2 is 1.96 bits per heavy atom. The van der Waals surface area contributed by atoms with Crippen molar-refractivity contribution < 1.29 is 14.6 Å². The second-order valence-corrected chi connectivity index (χ2v) is 5.42. The van der Waals surface area contributed by atoms with Gasteiger partial charge in [0.2, 0.25) is 5.91 Å². The molecule has 1 heterocycles. The molecule has 0 aliphatic rings. The van der Waals surface area contributed by atoms with Crippen molar-refractivity contribution in [2.24, 2.45) is 0 Å². The van der Waals surface area contributed by atoms with Crippen LogP contribution >= 0.6 is 23.2 Å². The molecule has 0 aliphatic heterocycles. The van der Waals surface area contributed by atoms with E-state index in [1.807, 2.05) is 0 Å². The topological polar surface area (TPSA) is 133 Å². The Balaban J connectivity index is 2.22. The zero-order chi connectivity index (χ0) is 18.0. The lowest BCUT2D eigenvalue weighted by Crippen LogP contribution is -2.20. The monoisotopic (exact) mass is 373 g/mol. The highest BCUT2D eigenvalue weighted by Crippen LogP contribution is 2.28. The van der Waals surface area contributed by atoms with Crippen LogP contribution < -0.4 is 5.32 Å². The highest BCUT2D eigenvalue weighted by atomic mass is 35.5. The van der Waals surface area contributed by atoms with Crippen LogP contribution in [0.25, 0.3) is 0 Å². The zero-order valence-corrected chi connectivity index (χ0v) is 13.5. The van der Waals surface area contributed by atoms with Gasteiger partial charge in [-0.2, -0.15) is 4.68 Å². The summed E-state index contributed by atoms with van der Waals surface area (Å²) in [6.07, 6.45) is 0. The van der Waals surface area contributed by atoms with Crippen LogP contribution in [-0.2, 0) is 11.3 Å². The van der Waals surface area contributed by atoms with Crippen LogP contribution in [0.15, 0.2) is 18.2 Å². The standard InChI is InChI=1S/C12H9Cl2N5O5/c1-6-11(14)12(19(23)24)16-17(6)5-10(20)15-8-3-2-7(13)4-9(8)18(21)22/h2-4H,5H2,1H3,(H,15,20). The Hall–Kier alpha value is -2.72. The number of halogens is 2. The van der Waals surface area contributed by atoms with Crippen LogP contribution in [0.5, 0.6) is 0 Å². The fourth-order valence-corrected chi connectivity index (χ4v) is 2.24. The molecule has 2 aromatic rings. The summed E-state index contributed by atoms with van der Waals surface area (Å²) in [4.78, 5) is 32.3. The van der Waals surface area contributed by atoms with E-state index in [0.717, 1.165) is 10.7 Å². The summed E-state index contributed by atoms with van der Waals surface area (Å²) in [6.45, 7) is 1.06. The minimum absolute atomic E-state index is 0.0557. The number of hydrogen-bond donors (Lipinski definition) is 1. The van der Waals surface area contributed by atoms with E-state index in [1.165, 1.54) is 19.1 Å². The number of rotatable bonds is 5. The average Bonchev–Trinajstić information content (AvgIpc) is 2.77. The number of nitrogens with zero attached hydrogens (tertiary/aromatic N) is 4. The first-order valence-corrected chi connectivity index (χ1v) is 7.07. The van der Waals surface area contributed by atoms with Crippen LogP contribution in [0.4, 0.5) is 17.2 Å². The minimum Gasteiger partial charge on any atom is -0.358 e. The van der Waals surface area contributed by atoms with E-state index >= 15 is 0 Å². The Morgan fingerprint density at radius 3 is 2.50 bits per heavy atom. The molecule has 2 rings (SSSR count). The van der Waals surface area contributed by atoms with Crippen molar-refractivity contribution in [2.45, 2.75) is 13.5 Å². The molecule has 0 saturated carbocycles. The Labute approximate surface area is 144 Å². The summed E-state index contributed by atoms with van der Waals surface area (Å²) in [7, 11) is 0. The van der Waals surface area contributed by atoms with Crippen molar-refractivity contribution in [1.82, 2.24) is 9.78 Å². The molecule has 0 bridgehead atoms. The number of benzene rings is 1. The van der Waals surface area contributed by atoms with Gasteiger partial charge >= 0.3 is 5.82 Å². The van der Waals surface area contributed by atoms with Crippen molar-refractivity contribution in [1.29, 1.82) is 0 Å². The van der Waals surface area contributed by atoms with Gasteiger partial charge in [-0.3, -0.25) is 14.9 Å². The van der Waals surface area contributed by atoms with Gasteiger partial charge in [-0.05, 0) is 24.0 Å². The highest BCUT2D eigenvalue weighted by molar-refractivity contribution is 6.33. The van der Waals surface area contributed by atoms with E-state index < -0.39 is 28.1 Å². The SMILES string of the molecule is Cc1c(Cl)c([N+](=O)[O-])nn1CC(=O)Nc1ccc(Cl)cc1[N+](=O)[O-]. The summed E-state index contributed by atoms with van der Waals surface area (Å²) in [5, 5.41) is 27.7. The predicted octanol–water partition coefficient (Wildman–Crippen LogP) is 2.95. The second kappa shape index (κ2) is 6.81. The molecule has 10 nitrogen and oxygen atoms in total. The highest BCUT2D eigenvalue weighted by Gasteiger charge is 2.25. The van der Waals surface area contributed by atoms with Gasteiger partial charge in [0.15, 0.2) is 5.02 Å². The fourth-order valence-electron chi connectivity index (χ4n) is 1.87. The molecule has 0 fully saturated rings. The van der Waals surface area contributed by atoms with Crippen molar-refractivity contribution >= 4 is 46.3 Å². The Kier molecular flexibility index (Phi) is 5.00. The van der Waals surface area contributed by atoms with Gasteiger partial charge in [-0.1, -0.05) is 23.2 Å². The normalized spacial score (nSPS) is 10.5. The van der Waals surface area contributed by atoms with Crippen molar-refractivity contribution in [3.05, 3.63) is 54.2 Å². The van der Waals surface area contributed by atoms with Crippen LogP contribution in [0.2, 0.25) is 10.0 Å². The molecule has 126 valence electrons. The molecule has 0 saturated heterocycles. The molecular weight excluding hydrogens is 365 g/mol. The number of carbonyl (C=O) groups excluding carboxylic acids is 1. The average molecular weight is 374 g/mol. The summed E-state index contributed by atoms with van der Waals surface area (Å²) in [5.41, 5.74) is -0.207. The lowest BCUT2D eigenvalue weighted by Gasteiger charge is -2.06. The number of anilines is 1. The second-order valence-electron chi connectivity index (χ2n) is 4.60. The number of nitro groups is 2. The molecule has 0 aliphatic carbocycles. The first-order chi connectivity index (χ1) is 11.2. The third-order valence-corrected chi connectivity index (χ3v) is 3.69. The predicted molar refractivity (Wildman–Crippen MR) is 85.4 cm³/mol. The van der Waals surface area contributed by atoms with Gasteiger partial charge in [0, 0.05) is 11.1 Å². The largest absolute Gasteiger partial charge is 0.408 e. The quantitative estimate of drug-likeness (QED) is 0.632. The van der Waals surface area contributed by atoms with Crippen LogP contribution in [0.1, 0.15) is 5.69 Å². The third-order valence-electron chi connectivity index (χ3n) is 3.01. The summed E-state index contributed by atoms with van der Waals surface area (Å²) in [5.74, 6) is -1.24. The van der Waals surface area contributed by atoms with E-state index in [0.29, 0.717) is 0 Å². The number of amides is 1. The fraction of sp³-hybridized carbons (Fsp3) is 0.167. The van der Waals surface area contributed by atoms with Crippen molar-refractivity contribution in [2.75, 3.05) is 5.32 Å². The van der Waals surface area contributed by atoms with E-state index in [4.69, 9.17) is 23.2 Å². The van der Waals surface area contributed by atoms with Gasteiger partial charge in [0.25, 0.3) is 5.69 Å². The number of nitrogens with one attached hydrogen (secondary N) is 1. The maximum absolute atomic E-state index is 12.0. The molecule has 1 aromatic heterocycles. The van der Waals surface area contributed by atoms with Gasteiger partial charge in [0.05, 0.1) is 15.7 Å². The molecule has 1 N–H and O–H groups in total. The van der Waals surface area contributed by atoms with Gasteiger partial charge in [-0.25, -0.2) is 0 Å². The Bertz CT molecular complexity index is 851. The van der Waals surface area contributed by atoms with E-state index in [2.05, 4.69) is 10.4 Å². The molecule has 0 radical (unpaired) electrons. The lowest BCUT2D eigenvalue weighted by molar-refractivity contribution is -0.389. The molecule has 24 heavy (non-hydrogen) atoms. The first-order valence-electron chi connectivity index (χ1n) is 6.31. The van der Waals surface area contributed by atoms with Crippen molar-refractivity contribution in [3.63, 3.8) is 0 Å². The summed E-state index contributed by atoms with van der Waals surface area (Å²) in [6, 6.07) is 3.76. The molecule has 0 spiro atoms. The minimum atomic E-state index is -0.770. The number of hydrogen-bond acceptors (Lipinski definition) is 6. The molecular formula is C12H9Cl2N5O5. The van der Waals surface area contributed by atoms with E-state index in [9.17, 15) is 25.0 Å². The molecule has 0 unspecified atom stereocenters. The maximum atomic E-state index is 12.0. The third kappa shape index (κ3) is 3.60. The number of nitro benzene ring substituents is 1. The van der Waals surface area contributed by atoms with Gasteiger partial charge in [-0.15, -0.1) is 0 Å². The molecule has 12 heteroatoms. The van der Waals surface area contributed by atoms with E-state index in [-0.39, 0.29) is 27.1 Å². The molecule has 1 amide bonds. The number of aromatic nitrogens is 2. The van der Waals surface area contributed by atoms with Crippen molar-refractivity contribution in [3.8, 4) is 0 Å². The van der Waals surface area contributed by atoms with Crippen LogP contribution in [0.3, 0.4) is 0 Å². The van der Waals surface area contributed by atoms with Gasteiger partial charge < -0.3 is 15.4 Å². The lowest BCUT2D eigenvalue weighted by atomic mass is 10.2. The van der Waals surface area contributed by atoms with Crippen LogP contribution in [-0.4, -0.2) is 25.5 Å². The zero-order valence-electron chi connectivity index (χ0n) is 12.0. The summed E-state index contributed by atoms with van der Waals surface area (Å²) < 4.78 is 1.04. The molecule has 0 atom stereocenters. The smallest absolute Gasteiger partial charge is 0.358 e. The van der Waals surface area contributed by atoms with E-state index in [1.54, 1.807) is 0 Å². The summed E-state index contributed by atoms with van der Waals surface area (Å²) >= 11 is 11.5. The number of carbonyl (C=O) groups is 1. The maximum Gasteiger partial charge on any atom is 0.408 e. The molecule has 1 aromatic carbocycles. The first kappa shape index (κ1) is 17.6.